The van der Waals surface area contributed by atoms with Gasteiger partial charge >= 0.3 is 0 Å². The summed E-state index contributed by atoms with van der Waals surface area (Å²) in [6, 6.07) is 0. The van der Waals surface area contributed by atoms with Crippen LogP contribution in [0.1, 0.15) is 19.3 Å². The molecule has 0 bridgehead atoms. The van der Waals surface area contributed by atoms with Gasteiger partial charge in [0.1, 0.15) is 0 Å². The Hall–Kier alpha value is -0.170. The second-order valence-corrected chi connectivity index (χ2v) is 8.00. The maximum Gasteiger partial charge on any atom is 0.150 e. The minimum Gasteiger partial charge on any atom is -0.385 e. The number of ether oxygens (including phenoxy) is 2. The van der Waals surface area contributed by atoms with Crippen molar-refractivity contribution in [1.82, 2.24) is 5.32 Å². The normalized spacial score (nSPS) is 28.2. The molecule has 1 unspecified atom stereocenters. The van der Waals surface area contributed by atoms with Crippen molar-refractivity contribution < 1.29 is 17.9 Å². The van der Waals surface area contributed by atoms with Gasteiger partial charge in [0.05, 0.1) is 11.5 Å². The van der Waals surface area contributed by atoms with Crippen LogP contribution >= 0.6 is 0 Å². The summed E-state index contributed by atoms with van der Waals surface area (Å²) in [5.74, 6) is 1.06. The lowest BCUT2D eigenvalue weighted by Gasteiger charge is -2.47. The van der Waals surface area contributed by atoms with E-state index in [2.05, 4.69) is 5.32 Å². The Morgan fingerprint density at radius 3 is 2.58 bits per heavy atom. The maximum atomic E-state index is 11.6. The predicted molar refractivity (Wildman–Crippen MR) is 74.0 cm³/mol. The Balaban J connectivity index is 1.73. The number of rotatable bonds is 8. The summed E-state index contributed by atoms with van der Waals surface area (Å²) < 4.78 is 33.8. The first-order valence-electron chi connectivity index (χ1n) is 7.06. The van der Waals surface area contributed by atoms with E-state index in [9.17, 15) is 8.42 Å². The number of sulfone groups is 1. The van der Waals surface area contributed by atoms with Crippen LogP contribution in [0.5, 0.6) is 0 Å². The Morgan fingerprint density at radius 2 is 2.05 bits per heavy atom. The highest BCUT2D eigenvalue weighted by atomic mass is 32.2. The van der Waals surface area contributed by atoms with Crippen LogP contribution in [-0.2, 0) is 19.3 Å². The van der Waals surface area contributed by atoms with Crippen LogP contribution in [0.2, 0.25) is 0 Å². The zero-order valence-electron chi connectivity index (χ0n) is 11.7. The second-order valence-electron chi connectivity index (χ2n) is 5.77. The third kappa shape index (κ3) is 3.90. The Labute approximate surface area is 116 Å². The van der Waals surface area contributed by atoms with Crippen molar-refractivity contribution in [3.8, 4) is 0 Å². The lowest BCUT2D eigenvalue weighted by atomic mass is 9.68. The summed E-state index contributed by atoms with van der Waals surface area (Å²) in [6.45, 7) is 4.05. The van der Waals surface area contributed by atoms with E-state index >= 15 is 0 Å². The molecule has 2 aliphatic heterocycles. The van der Waals surface area contributed by atoms with Crippen molar-refractivity contribution in [2.75, 3.05) is 51.5 Å². The van der Waals surface area contributed by atoms with Gasteiger partial charge in [-0.1, -0.05) is 0 Å². The molecule has 0 radical (unpaired) electrons. The van der Waals surface area contributed by atoms with Crippen LogP contribution in [0, 0.1) is 11.3 Å². The standard InChI is InChI=1S/C13H25NO4S/c1-17-5-2-6-18-7-4-13(10-14-11-13)12-3-8-19(15,16)9-12/h12,14H,2-11H2,1H3. The highest BCUT2D eigenvalue weighted by Crippen LogP contribution is 2.41. The highest BCUT2D eigenvalue weighted by Gasteiger charge is 2.47. The summed E-state index contributed by atoms with van der Waals surface area (Å²) in [6.07, 6.45) is 2.71. The second kappa shape index (κ2) is 6.52. The number of hydrogen-bond acceptors (Lipinski definition) is 5. The number of nitrogens with one attached hydrogen (secondary N) is 1. The molecule has 0 aliphatic carbocycles. The Kier molecular flexibility index (Phi) is 5.22. The summed E-state index contributed by atoms with van der Waals surface area (Å²) in [4.78, 5) is 0. The molecule has 0 aromatic rings. The van der Waals surface area contributed by atoms with Crippen molar-refractivity contribution in [1.29, 1.82) is 0 Å². The first-order chi connectivity index (χ1) is 9.08. The van der Waals surface area contributed by atoms with E-state index in [0.717, 1.165) is 52.2 Å². The largest absolute Gasteiger partial charge is 0.385 e. The Bertz CT molecular complexity index is 378. The van der Waals surface area contributed by atoms with Crippen LogP contribution in [-0.4, -0.2) is 59.9 Å². The van der Waals surface area contributed by atoms with E-state index in [1.165, 1.54) is 0 Å². The predicted octanol–water partition coefficient (Wildman–Crippen LogP) is 0.454. The van der Waals surface area contributed by atoms with E-state index in [1.54, 1.807) is 7.11 Å². The van der Waals surface area contributed by atoms with Gasteiger partial charge in [-0.2, -0.15) is 0 Å². The van der Waals surface area contributed by atoms with E-state index in [1.807, 2.05) is 0 Å². The van der Waals surface area contributed by atoms with Crippen molar-refractivity contribution in [2.45, 2.75) is 19.3 Å². The van der Waals surface area contributed by atoms with Crippen LogP contribution in [0.4, 0.5) is 0 Å². The SMILES string of the molecule is COCCCOCCC1(C2CCS(=O)(=O)C2)CNC1. The third-order valence-corrected chi connectivity index (χ3v) is 6.20. The van der Waals surface area contributed by atoms with Gasteiger partial charge in [-0.05, 0) is 25.2 Å². The molecule has 0 aromatic carbocycles. The molecule has 2 saturated heterocycles. The summed E-state index contributed by atoms with van der Waals surface area (Å²) >= 11 is 0. The van der Waals surface area contributed by atoms with E-state index in [0.29, 0.717) is 17.4 Å². The summed E-state index contributed by atoms with van der Waals surface area (Å²) in [5.41, 5.74) is 0.158. The molecule has 6 heteroatoms. The van der Waals surface area contributed by atoms with Gasteiger partial charge in [-0.25, -0.2) is 8.42 Å². The summed E-state index contributed by atoms with van der Waals surface area (Å²) in [7, 11) is -1.09. The van der Waals surface area contributed by atoms with Gasteiger partial charge in [0.2, 0.25) is 0 Å². The number of hydrogen-bond donors (Lipinski definition) is 1. The van der Waals surface area contributed by atoms with Crippen molar-refractivity contribution in [3.05, 3.63) is 0 Å². The fourth-order valence-corrected chi connectivity index (χ4v) is 5.02. The molecule has 19 heavy (non-hydrogen) atoms. The minimum atomic E-state index is -2.78. The third-order valence-electron chi connectivity index (χ3n) is 4.43. The van der Waals surface area contributed by atoms with Gasteiger partial charge in [0, 0.05) is 45.4 Å². The van der Waals surface area contributed by atoms with Gasteiger partial charge in [0.25, 0.3) is 0 Å². The van der Waals surface area contributed by atoms with Crippen LogP contribution in [0.15, 0.2) is 0 Å². The molecular formula is C13H25NO4S. The topological polar surface area (TPSA) is 64.6 Å². The lowest BCUT2D eigenvalue weighted by molar-refractivity contribution is 0.0252. The van der Waals surface area contributed by atoms with E-state index < -0.39 is 9.84 Å². The van der Waals surface area contributed by atoms with E-state index in [4.69, 9.17) is 9.47 Å². The lowest BCUT2D eigenvalue weighted by Crippen LogP contribution is -2.58. The average molecular weight is 291 g/mol. The monoisotopic (exact) mass is 291 g/mol. The fourth-order valence-electron chi connectivity index (χ4n) is 3.08. The molecule has 5 nitrogen and oxygen atoms in total. The zero-order valence-corrected chi connectivity index (χ0v) is 12.5. The quantitative estimate of drug-likeness (QED) is 0.658. The Morgan fingerprint density at radius 1 is 1.26 bits per heavy atom. The molecule has 1 atom stereocenters. The molecule has 2 aliphatic rings. The van der Waals surface area contributed by atoms with Crippen molar-refractivity contribution in [3.63, 3.8) is 0 Å². The minimum absolute atomic E-state index is 0.158. The van der Waals surface area contributed by atoms with E-state index in [-0.39, 0.29) is 5.41 Å². The first kappa shape index (κ1) is 15.2. The van der Waals surface area contributed by atoms with Gasteiger partial charge in [-0.3, -0.25) is 0 Å². The van der Waals surface area contributed by atoms with Crippen molar-refractivity contribution in [2.24, 2.45) is 11.3 Å². The first-order valence-corrected chi connectivity index (χ1v) is 8.88. The van der Waals surface area contributed by atoms with Crippen molar-refractivity contribution >= 4 is 9.84 Å². The molecule has 2 fully saturated rings. The molecule has 1 N–H and O–H groups in total. The molecule has 0 amide bonds. The average Bonchev–Trinajstić information content (AvgIpc) is 2.67. The smallest absolute Gasteiger partial charge is 0.150 e. The highest BCUT2D eigenvalue weighted by molar-refractivity contribution is 7.91. The van der Waals surface area contributed by atoms with Crippen LogP contribution < -0.4 is 5.32 Å². The molecule has 2 rings (SSSR count). The fraction of sp³-hybridized carbons (Fsp3) is 1.00. The molecule has 2 heterocycles. The molecule has 0 saturated carbocycles. The zero-order chi connectivity index (χ0) is 13.8. The summed E-state index contributed by atoms with van der Waals surface area (Å²) in [5, 5.41) is 3.30. The van der Waals surface area contributed by atoms with Gasteiger partial charge < -0.3 is 14.8 Å². The van der Waals surface area contributed by atoms with Gasteiger partial charge in [-0.15, -0.1) is 0 Å². The van der Waals surface area contributed by atoms with Gasteiger partial charge in [0.15, 0.2) is 9.84 Å². The van der Waals surface area contributed by atoms with Crippen LogP contribution in [0.3, 0.4) is 0 Å². The maximum absolute atomic E-state index is 11.6. The number of methoxy groups -OCH3 is 1. The molecule has 0 aromatic heterocycles. The molecule has 0 spiro atoms. The molecular weight excluding hydrogens is 266 g/mol. The molecule has 112 valence electrons. The van der Waals surface area contributed by atoms with Crippen LogP contribution in [0.25, 0.3) is 0 Å².